The van der Waals surface area contributed by atoms with E-state index in [4.69, 9.17) is 5.11 Å². The number of carboxylic acids is 1. The molecule has 0 saturated carbocycles. The van der Waals surface area contributed by atoms with E-state index >= 15 is 0 Å². The number of aromatic carboxylic acids is 1. The van der Waals surface area contributed by atoms with Crippen molar-refractivity contribution in [1.82, 2.24) is 8.75 Å². The van der Waals surface area contributed by atoms with Crippen LogP contribution in [0.25, 0.3) is 0 Å². The highest BCUT2D eigenvalue weighted by Crippen LogP contribution is 2.21. The standard InChI is InChI=1S/C10H7N3O4S/c14-5-1-2-7(6(3-5)10(16)17)12-9(15)8-4-11-18-13-8/h1-4,14H,(H,12,15)(H,16,17). The molecule has 0 fully saturated rings. The molecule has 0 unspecified atom stereocenters. The van der Waals surface area contributed by atoms with Crippen molar-refractivity contribution in [3.05, 3.63) is 35.7 Å². The predicted molar refractivity (Wildman–Crippen MR) is 62.9 cm³/mol. The Kier molecular flexibility index (Phi) is 3.20. The predicted octanol–water partition coefficient (Wildman–Crippen LogP) is 1.19. The fourth-order valence-electron chi connectivity index (χ4n) is 1.27. The number of phenols is 1. The van der Waals surface area contributed by atoms with Crippen molar-refractivity contribution in [3.8, 4) is 5.75 Å². The topological polar surface area (TPSA) is 112 Å². The Morgan fingerprint density at radius 3 is 2.72 bits per heavy atom. The summed E-state index contributed by atoms with van der Waals surface area (Å²) in [6, 6.07) is 3.63. The van der Waals surface area contributed by atoms with Crippen LogP contribution in [0.3, 0.4) is 0 Å². The molecule has 2 aromatic rings. The van der Waals surface area contributed by atoms with Crippen LogP contribution in [0.4, 0.5) is 5.69 Å². The molecule has 1 heterocycles. The van der Waals surface area contributed by atoms with Crippen LogP contribution in [0, 0.1) is 0 Å². The van der Waals surface area contributed by atoms with Crippen molar-refractivity contribution in [2.75, 3.05) is 5.32 Å². The molecule has 0 spiro atoms. The van der Waals surface area contributed by atoms with E-state index in [9.17, 15) is 14.7 Å². The number of hydrogen-bond acceptors (Lipinski definition) is 6. The van der Waals surface area contributed by atoms with E-state index in [1.807, 2.05) is 0 Å². The highest BCUT2D eigenvalue weighted by molar-refractivity contribution is 6.99. The molecule has 0 saturated heterocycles. The van der Waals surface area contributed by atoms with Crippen LogP contribution in [-0.2, 0) is 0 Å². The number of carbonyl (C=O) groups excluding carboxylic acids is 1. The van der Waals surface area contributed by atoms with Gasteiger partial charge in [0, 0.05) is 0 Å². The smallest absolute Gasteiger partial charge is 0.337 e. The third-order valence-corrected chi connectivity index (χ3v) is 2.55. The summed E-state index contributed by atoms with van der Waals surface area (Å²) in [4.78, 5) is 22.6. The number of phenolic OH excluding ortho intramolecular Hbond substituents is 1. The number of carboxylic acid groups (broad SMARTS) is 1. The van der Waals surface area contributed by atoms with Gasteiger partial charge in [-0.3, -0.25) is 4.79 Å². The van der Waals surface area contributed by atoms with E-state index in [1.165, 1.54) is 18.3 Å². The van der Waals surface area contributed by atoms with Gasteiger partial charge in [0.15, 0.2) is 5.69 Å². The first-order valence-corrected chi connectivity index (χ1v) is 5.46. The van der Waals surface area contributed by atoms with Crippen molar-refractivity contribution in [2.45, 2.75) is 0 Å². The van der Waals surface area contributed by atoms with Gasteiger partial charge in [-0.15, -0.1) is 0 Å². The zero-order valence-electron chi connectivity index (χ0n) is 8.82. The second-order valence-corrected chi connectivity index (χ2v) is 3.84. The number of nitrogens with zero attached hydrogens (tertiary/aromatic N) is 2. The number of benzene rings is 1. The number of rotatable bonds is 3. The minimum atomic E-state index is -1.25. The van der Waals surface area contributed by atoms with Crippen molar-refractivity contribution in [1.29, 1.82) is 0 Å². The summed E-state index contributed by atoms with van der Waals surface area (Å²) in [6.07, 6.45) is 1.28. The van der Waals surface area contributed by atoms with E-state index in [0.29, 0.717) is 0 Å². The van der Waals surface area contributed by atoms with Crippen LogP contribution in [0.5, 0.6) is 5.75 Å². The third-order valence-electron chi connectivity index (χ3n) is 2.08. The van der Waals surface area contributed by atoms with Gasteiger partial charge in [-0.1, -0.05) is 0 Å². The van der Waals surface area contributed by atoms with E-state index in [0.717, 1.165) is 17.8 Å². The van der Waals surface area contributed by atoms with Crippen molar-refractivity contribution in [2.24, 2.45) is 0 Å². The zero-order chi connectivity index (χ0) is 13.1. The Morgan fingerprint density at radius 1 is 1.33 bits per heavy atom. The summed E-state index contributed by atoms with van der Waals surface area (Å²) < 4.78 is 7.40. The molecule has 8 heteroatoms. The number of carbonyl (C=O) groups is 2. The molecule has 0 aliphatic heterocycles. The first-order valence-electron chi connectivity index (χ1n) is 4.73. The number of hydrogen-bond donors (Lipinski definition) is 3. The molecule has 1 aromatic carbocycles. The Morgan fingerprint density at radius 2 is 2.11 bits per heavy atom. The summed E-state index contributed by atoms with van der Waals surface area (Å²) in [5.41, 5.74) is -0.0192. The monoisotopic (exact) mass is 265 g/mol. The summed E-state index contributed by atoms with van der Waals surface area (Å²) in [5, 5.41) is 20.5. The lowest BCUT2D eigenvalue weighted by molar-refractivity contribution is 0.0697. The minimum Gasteiger partial charge on any atom is -0.508 e. The summed E-state index contributed by atoms with van der Waals surface area (Å²) >= 11 is 0.874. The molecule has 0 bridgehead atoms. The Bertz CT molecular complexity index is 597. The largest absolute Gasteiger partial charge is 0.508 e. The lowest BCUT2D eigenvalue weighted by atomic mass is 10.1. The number of nitrogens with one attached hydrogen (secondary N) is 1. The molecule has 2 rings (SSSR count). The number of aromatic nitrogens is 2. The summed E-state index contributed by atoms with van der Waals surface area (Å²) in [6.45, 7) is 0. The van der Waals surface area contributed by atoms with Crippen molar-refractivity contribution >= 4 is 29.3 Å². The maximum atomic E-state index is 11.7. The quantitative estimate of drug-likeness (QED) is 0.718. The van der Waals surface area contributed by atoms with Gasteiger partial charge < -0.3 is 15.5 Å². The molecule has 0 radical (unpaired) electrons. The van der Waals surface area contributed by atoms with E-state index in [2.05, 4.69) is 14.1 Å². The SMILES string of the molecule is O=C(Nc1ccc(O)cc1C(=O)O)c1cnsn1. The molecule has 1 amide bonds. The van der Waals surface area contributed by atoms with E-state index in [1.54, 1.807) is 0 Å². The second-order valence-electron chi connectivity index (χ2n) is 3.28. The normalized spacial score (nSPS) is 10.0. The average molecular weight is 265 g/mol. The average Bonchev–Trinajstić information content (AvgIpc) is 2.84. The van der Waals surface area contributed by atoms with Gasteiger partial charge in [0.2, 0.25) is 0 Å². The van der Waals surface area contributed by atoms with Crippen LogP contribution >= 0.6 is 11.7 Å². The second kappa shape index (κ2) is 4.80. The van der Waals surface area contributed by atoms with Crippen LogP contribution in [0.2, 0.25) is 0 Å². The fraction of sp³-hybridized carbons (Fsp3) is 0. The lowest BCUT2D eigenvalue weighted by Crippen LogP contribution is -2.15. The molecule has 92 valence electrons. The van der Waals surface area contributed by atoms with Crippen LogP contribution in [-0.4, -0.2) is 30.8 Å². The van der Waals surface area contributed by atoms with Gasteiger partial charge in [-0.05, 0) is 18.2 Å². The summed E-state index contributed by atoms with van der Waals surface area (Å²) in [5.74, 6) is -2.00. The first kappa shape index (κ1) is 12.0. The fourth-order valence-corrected chi connectivity index (χ4v) is 1.68. The van der Waals surface area contributed by atoms with Gasteiger partial charge in [-0.25, -0.2) is 4.79 Å². The zero-order valence-corrected chi connectivity index (χ0v) is 9.64. The van der Waals surface area contributed by atoms with Crippen LogP contribution < -0.4 is 5.32 Å². The Balaban J connectivity index is 2.29. The molecule has 0 aliphatic carbocycles. The van der Waals surface area contributed by atoms with E-state index in [-0.39, 0.29) is 22.7 Å². The maximum Gasteiger partial charge on any atom is 0.337 e. The van der Waals surface area contributed by atoms with Gasteiger partial charge >= 0.3 is 5.97 Å². The Hall–Kier alpha value is -2.48. The van der Waals surface area contributed by atoms with Crippen molar-refractivity contribution in [3.63, 3.8) is 0 Å². The minimum absolute atomic E-state index is 0.0818. The van der Waals surface area contributed by atoms with Crippen LogP contribution in [0.15, 0.2) is 24.4 Å². The molecular weight excluding hydrogens is 258 g/mol. The van der Waals surface area contributed by atoms with Gasteiger partial charge in [-0.2, -0.15) is 8.75 Å². The molecule has 3 N–H and O–H groups in total. The van der Waals surface area contributed by atoms with Gasteiger partial charge in [0.25, 0.3) is 5.91 Å². The third kappa shape index (κ3) is 2.43. The van der Waals surface area contributed by atoms with Gasteiger partial charge in [0.1, 0.15) is 5.75 Å². The molecule has 7 nitrogen and oxygen atoms in total. The van der Waals surface area contributed by atoms with Gasteiger partial charge in [0.05, 0.1) is 29.2 Å². The highest BCUT2D eigenvalue weighted by Gasteiger charge is 2.15. The highest BCUT2D eigenvalue weighted by atomic mass is 32.1. The molecule has 1 aromatic heterocycles. The molecular formula is C10H7N3O4S. The number of anilines is 1. The Labute approximate surface area is 105 Å². The summed E-state index contributed by atoms with van der Waals surface area (Å²) in [7, 11) is 0. The lowest BCUT2D eigenvalue weighted by Gasteiger charge is -2.07. The van der Waals surface area contributed by atoms with E-state index < -0.39 is 11.9 Å². The number of amides is 1. The maximum absolute atomic E-state index is 11.7. The molecule has 0 atom stereocenters. The van der Waals surface area contributed by atoms with Crippen LogP contribution in [0.1, 0.15) is 20.8 Å². The molecule has 0 aliphatic rings. The number of aromatic hydroxyl groups is 1. The first-order chi connectivity index (χ1) is 8.58. The molecule has 18 heavy (non-hydrogen) atoms. The van der Waals surface area contributed by atoms with Crippen molar-refractivity contribution < 1.29 is 19.8 Å².